The van der Waals surface area contributed by atoms with E-state index in [1.807, 2.05) is 26.0 Å². The molecule has 2 aromatic carbocycles. The van der Waals surface area contributed by atoms with Gasteiger partial charge in [0.1, 0.15) is 11.5 Å². The summed E-state index contributed by atoms with van der Waals surface area (Å²) in [4.78, 5) is 21.5. The Hall–Kier alpha value is -3.87. The van der Waals surface area contributed by atoms with Crippen molar-refractivity contribution in [1.29, 1.82) is 0 Å². The number of oxazole rings is 1. The smallest absolute Gasteiger partial charge is 0.255 e. The number of ether oxygens (including phenoxy) is 2. The van der Waals surface area contributed by atoms with Gasteiger partial charge in [0, 0.05) is 17.3 Å². The van der Waals surface area contributed by atoms with Crippen LogP contribution in [0.2, 0.25) is 0 Å². The molecule has 4 rings (SSSR count). The second-order valence-electron chi connectivity index (χ2n) is 7.08. The van der Waals surface area contributed by atoms with Gasteiger partial charge in [-0.25, -0.2) is 4.98 Å². The third-order valence-electron chi connectivity index (χ3n) is 4.87. The maximum atomic E-state index is 12.9. The Balaban J connectivity index is 1.61. The highest BCUT2D eigenvalue weighted by molar-refractivity contribution is 6.05. The van der Waals surface area contributed by atoms with Crippen LogP contribution in [0.5, 0.6) is 11.5 Å². The summed E-state index contributed by atoms with van der Waals surface area (Å²) in [5.74, 6) is 1.32. The SMILES string of the molecule is CC[C@H](C)Oc1cccc(C(=O)Nc2cc(-c3nc4ncccc4o3)ccc2OC)c1. The summed E-state index contributed by atoms with van der Waals surface area (Å²) in [5, 5.41) is 2.91. The molecule has 0 aliphatic carbocycles. The molecule has 0 fully saturated rings. The molecule has 0 aliphatic rings. The molecule has 7 nitrogen and oxygen atoms in total. The molecule has 0 radical (unpaired) electrons. The Morgan fingerprint density at radius 1 is 1.16 bits per heavy atom. The molecular formula is C24H23N3O4. The van der Waals surface area contributed by atoms with Crippen molar-refractivity contribution in [2.45, 2.75) is 26.4 Å². The Labute approximate surface area is 180 Å². The minimum atomic E-state index is -0.274. The number of hydrogen-bond acceptors (Lipinski definition) is 6. The fourth-order valence-electron chi connectivity index (χ4n) is 3.05. The van der Waals surface area contributed by atoms with Crippen molar-refractivity contribution in [1.82, 2.24) is 9.97 Å². The van der Waals surface area contributed by atoms with E-state index in [1.54, 1.807) is 55.8 Å². The number of nitrogens with one attached hydrogen (secondary N) is 1. The highest BCUT2D eigenvalue weighted by atomic mass is 16.5. The normalized spacial score (nSPS) is 11.8. The number of aromatic nitrogens is 2. The van der Waals surface area contributed by atoms with Gasteiger partial charge in [-0.2, -0.15) is 4.98 Å². The predicted molar refractivity (Wildman–Crippen MR) is 119 cm³/mol. The summed E-state index contributed by atoms with van der Waals surface area (Å²) in [6, 6.07) is 16.0. The molecule has 1 N–H and O–H groups in total. The van der Waals surface area contributed by atoms with Crippen LogP contribution >= 0.6 is 0 Å². The largest absolute Gasteiger partial charge is 0.495 e. The van der Waals surface area contributed by atoms with Crippen molar-refractivity contribution >= 4 is 22.8 Å². The van der Waals surface area contributed by atoms with Gasteiger partial charge >= 0.3 is 0 Å². The van der Waals surface area contributed by atoms with Crippen molar-refractivity contribution in [3.63, 3.8) is 0 Å². The van der Waals surface area contributed by atoms with Crippen LogP contribution in [-0.2, 0) is 0 Å². The van der Waals surface area contributed by atoms with Gasteiger partial charge in [0.2, 0.25) is 5.89 Å². The summed E-state index contributed by atoms with van der Waals surface area (Å²) >= 11 is 0. The number of fused-ring (bicyclic) bond motifs is 1. The lowest BCUT2D eigenvalue weighted by molar-refractivity contribution is 0.102. The highest BCUT2D eigenvalue weighted by Gasteiger charge is 2.15. The topological polar surface area (TPSA) is 86.5 Å². The molecule has 0 saturated heterocycles. The molecule has 1 amide bonds. The Morgan fingerprint density at radius 2 is 2.03 bits per heavy atom. The Kier molecular flexibility index (Phi) is 5.84. The van der Waals surface area contributed by atoms with E-state index in [-0.39, 0.29) is 12.0 Å². The number of carbonyl (C=O) groups is 1. The highest BCUT2D eigenvalue weighted by Crippen LogP contribution is 2.32. The molecule has 1 atom stereocenters. The van der Waals surface area contributed by atoms with Gasteiger partial charge in [-0.3, -0.25) is 4.79 Å². The summed E-state index contributed by atoms with van der Waals surface area (Å²) in [6.45, 7) is 4.04. The minimum Gasteiger partial charge on any atom is -0.495 e. The molecule has 0 spiro atoms. The number of anilines is 1. The first-order valence-electron chi connectivity index (χ1n) is 10.1. The molecule has 0 saturated carbocycles. The lowest BCUT2D eigenvalue weighted by atomic mass is 10.1. The van der Waals surface area contributed by atoms with Gasteiger partial charge in [0.15, 0.2) is 11.2 Å². The molecule has 0 aliphatic heterocycles. The zero-order valence-corrected chi connectivity index (χ0v) is 17.6. The molecule has 31 heavy (non-hydrogen) atoms. The fraction of sp³-hybridized carbons (Fsp3) is 0.208. The Morgan fingerprint density at radius 3 is 2.81 bits per heavy atom. The summed E-state index contributed by atoms with van der Waals surface area (Å²) in [6.07, 6.45) is 2.61. The van der Waals surface area contributed by atoms with Crippen LogP contribution in [0.25, 0.3) is 22.7 Å². The van der Waals surface area contributed by atoms with Crippen molar-refractivity contribution in [3.8, 4) is 23.0 Å². The van der Waals surface area contributed by atoms with Crippen LogP contribution in [0.1, 0.15) is 30.6 Å². The van der Waals surface area contributed by atoms with Gasteiger partial charge in [0.05, 0.1) is 18.9 Å². The van der Waals surface area contributed by atoms with Crippen molar-refractivity contribution in [2.75, 3.05) is 12.4 Å². The monoisotopic (exact) mass is 417 g/mol. The first-order chi connectivity index (χ1) is 15.1. The molecule has 158 valence electrons. The van der Waals surface area contributed by atoms with Crippen molar-refractivity contribution in [2.24, 2.45) is 0 Å². The molecule has 0 bridgehead atoms. The molecule has 0 unspecified atom stereocenters. The molecular weight excluding hydrogens is 394 g/mol. The maximum absolute atomic E-state index is 12.9. The number of pyridine rings is 1. The zero-order valence-electron chi connectivity index (χ0n) is 17.6. The molecule has 4 aromatic rings. The number of carbonyl (C=O) groups excluding carboxylic acids is 1. The Bertz CT molecular complexity index is 1190. The van der Waals surface area contributed by atoms with Gasteiger partial charge in [-0.15, -0.1) is 0 Å². The molecule has 2 heterocycles. The van der Waals surface area contributed by atoms with E-state index in [2.05, 4.69) is 15.3 Å². The first kappa shape index (κ1) is 20.4. The first-order valence-corrected chi connectivity index (χ1v) is 10.1. The van der Waals surface area contributed by atoms with Gasteiger partial charge < -0.3 is 19.2 Å². The van der Waals surface area contributed by atoms with Crippen molar-refractivity contribution in [3.05, 3.63) is 66.4 Å². The number of rotatable bonds is 7. The molecule has 2 aromatic heterocycles. The summed E-state index contributed by atoms with van der Waals surface area (Å²) in [7, 11) is 1.55. The van der Waals surface area contributed by atoms with Gasteiger partial charge in [-0.05, 0) is 61.9 Å². The zero-order chi connectivity index (χ0) is 21.8. The van der Waals surface area contributed by atoms with E-state index in [9.17, 15) is 4.79 Å². The lowest BCUT2D eigenvalue weighted by Crippen LogP contribution is -2.14. The maximum Gasteiger partial charge on any atom is 0.255 e. The quantitative estimate of drug-likeness (QED) is 0.437. The van der Waals surface area contributed by atoms with E-state index < -0.39 is 0 Å². The number of hydrogen-bond donors (Lipinski definition) is 1. The predicted octanol–water partition coefficient (Wildman–Crippen LogP) is 5.33. The number of benzene rings is 2. The average Bonchev–Trinajstić information content (AvgIpc) is 3.23. The van der Waals surface area contributed by atoms with E-state index in [0.29, 0.717) is 45.4 Å². The molecule has 7 heteroatoms. The summed E-state index contributed by atoms with van der Waals surface area (Å²) < 4.78 is 17.0. The fourth-order valence-corrected chi connectivity index (χ4v) is 3.05. The lowest BCUT2D eigenvalue weighted by Gasteiger charge is -2.14. The number of nitrogens with zero attached hydrogens (tertiary/aromatic N) is 2. The van der Waals surface area contributed by atoms with Crippen molar-refractivity contribution < 1.29 is 18.7 Å². The van der Waals surface area contributed by atoms with E-state index in [4.69, 9.17) is 13.9 Å². The van der Waals surface area contributed by atoms with Crippen LogP contribution in [0.4, 0.5) is 5.69 Å². The van der Waals surface area contributed by atoms with E-state index >= 15 is 0 Å². The third kappa shape index (κ3) is 4.50. The van der Waals surface area contributed by atoms with Crippen LogP contribution in [0.3, 0.4) is 0 Å². The number of methoxy groups -OCH3 is 1. The van der Waals surface area contributed by atoms with Crippen LogP contribution < -0.4 is 14.8 Å². The number of amides is 1. The second kappa shape index (κ2) is 8.87. The van der Waals surface area contributed by atoms with Crippen LogP contribution in [0, 0.1) is 0 Å². The average molecular weight is 417 g/mol. The summed E-state index contributed by atoms with van der Waals surface area (Å²) in [5.41, 5.74) is 2.81. The van der Waals surface area contributed by atoms with E-state index in [0.717, 1.165) is 6.42 Å². The second-order valence-corrected chi connectivity index (χ2v) is 7.08. The third-order valence-corrected chi connectivity index (χ3v) is 4.87. The van der Waals surface area contributed by atoms with Crippen LogP contribution in [-0.4, -0.2) is 29.1 Å². The standard InChI is InChI=1S/C24H23N3O4/c1-4-15(2)30-18-8-5-7-16(13-18)23(28)26-19-14-17(10-11-20(19)29-3)24-27-22-21(31-24)9-6-12-25-22/h5-15H,4H2,1-3H3,(H,26,28)/t15-/m0/s1. The van der Waals surface area contributed by atoms with Crippen LogP contribution in [0.15, 0.2) is 65.2 Å². The van der Waals surface area contributed by atoms with Gasteiger partial charge in [-0.1, -0.05) is 13.0 Å². The minimum absolute atomic E-state index is 0.0703. The van der Waals surface area contributed by atoms with Gasteiger partial charge in [0.25, 0.3) is 5.91 Å². The van der Waals surface area contributed by atoms with E-state index in [1.165, 1.54) is 0 Å².